The standard InChI is InChI=1S/C32H20ClFN2O4/c33-24-12-6-4-10-20(24)18-35-25-13-7-5-11-23(25)32(31(35)39)27-28(37)22-16-21(34)14-15-26(22)40-29(27)30(38)36(32)17-19-8-2-1-3-9-19/h1-16H,17-18H2. The third kappa shape index (κ3) is 3.31. The van der Waals surface area contributed by atoms with Crippen LogP contribution < -0.4 is 10.3 Å². The van der Waals surface area contributed by atoms with Gasteiger partial charge in [0.25, 0.3) is 11.8 Å². The van der Waals surface area contributed by atoms with Crippen LogP contribution in [0.4, 0.5) is 10.1 Å². The summed E-state index contributed by atoms with van der Waals surface area (Å²) < 4.78 is 20.3. The number of benzene rings is 4. The van der Waals surface area contributed by atoms with Crippen molar-refractivity contribution in [1.82, 2.24) is 4.90 Å². The van der Waals surface area contributed by atoms with E-state index in [9.17, 15) is 18.8 Å². The maximum absolute atomic E-state index is 14.8. The molecule has 4 aromatic carbocycles. The summed E-state index contributed by atoms with van der Waals surface area (Å²) in [5.74, 6) is -1.93. The van der Waals surface area contributed by atoms with E-state index in [0.717, 1.165) is 17.7 Å². The summed E-state index contributed by atoms with van der Waals surface area (Å²) >= 11 is 6.47. The summed E-state index contributed by atoms with van der Waals surface area (Å²) in [4.78, 5) is 46.0. The molecular weight excluding hydrogens is 531 g/mol. The van der Waals surface area contributed by atoms with Crippen molar-refractivity contribution in [3.05, 3.63) is 146 Å². The topological polar surface area (TPSA) is 70.8 Å². The molecule has 0 saturated heterocycles. The van der Waals surface area contributed by atoms with Crippen LogP contribution in [-0.4, -0.2) is 16.7 Å². The molecule has 40 heavy (non-hydrogen) atoms. The fourth-order valence-electron chi connectivity index (χ4n) is 5.90. The van der Waals surface area contributed by atoms with Gasteiger partial charge in [-0.1, -0.05) is 78.3 Å². The Morgan fingerprint density at radius 3 is 2.35 bits per heavy atom. The van der Waals surface area contributed by atoms with Gasteiger partial charge in [-0.3, -0.25) is 14.4 Å². The number of carbonyl (C=O) groups is 2. The van der Waals surface area contributed by atoms with Crippen LogP contribution in [0.15, 0.2) is 106 Å². The van der Waals surface area contributed by atoms with Crippen molar-refractivity contribution in [3.63, 3.8) is 0 Å². The Morgan fingerprint density at radius 1 is 0.825 bits per heavy atom. The van der Waals surface area contributed by atoms with Crippen LogP contribution in [0.5, 0.6) is 0 Å². The molecular formula is C32H20ClFN2O4. The largest absolute Gasteiger partial charge is 0.450 e. The lowest BCUT2D eigenvalue weighted by atomic mass is 9.83. The van der Waals surface area contributed by atoms with E-state index in [1.54, 1.807) is 41.3 Å². The third-order valence-corrected chi connectivity index (χ3v) is 8.04. The number of para-hydroxylation sites is 1. The van der Waals surface area contributed by atoms with E-state index in [-0.39, 0.29) is 35.4 Å². The molecule has 1 atom stereocenters. The van der Waals surface area contributed by atoms with Crippen LogP contribution in [-0.2, 0) is 23.4 Å². The highest BCUT2D eigenvalue weighted by molar-refractivity contribution is 6.31. The van der Waals surface area contributed by atoms with Gasteiger partial charge in [-0.05, 0) is 41.5 Å². The van der Waals surface area contributed by atoms with Crippen molar-refractivity contribution in [1.29, 1.82) is 0 Å². The predicted molar refractivity (Wildman–Crippen MR) is 149 cm³/mol. The van der Waals surface area contributed by atoms with Crippen molar-refractivity contribution in [2.75, 3.05) is 4.90 Å². The van der Waals surface area contributed by atoms with Crippen molar-refractivity contribution in [2.45, 2.75) is 18.6 Å². The average molecular weight is 551 g/mol. The number of hydrogen-bond acceptors (Lipinski definition) is 4. The normalized spacial score (nSPS) is 17.6. The van der Waals surface area contributed by atoms with Crippen molar-refractivity contribution >= 4 is 40.1 Å². The Morgan fingerprint density at radius 2 is 1.55 bits per heavy atom. The van der Waals surface area contributed by atoms with Crippen LogP contribution >= 0.6 is 11.6 Å². The molecule has 2 aliphatic rings. The molecule has 2 aliphatic heterocycles. The minimum atomic E-state index is -1.82. The molecule has 8 heteroatoms. The summed E-state index contributed by atoms with van der Waals surface area (Å²) in [7, 11) is 0. The highest BCUT2D eigenvalue weighted by Gasteiger charge is 2.65. The molecule has 0 radical (unpaired) electrons. The quantitative estimate of drug-likeness (QED) is 0.274. The summed E-state index contributed by atoms with van der Waals surface area (Å²) in [6, 6.07) is 27.1. The molecule has 0 bridgehead atoms. The molecule has 1 aromatic heterocycles. The Balaban J connectivity index is 1.53. The lowest BCUT2D eigenvalue weighted by Crippen LogP contribution is -2.52. The average Bonchev–Trinajstić information content (AvgIpc) is 3.35. The Kier molecular flexibility index (Phi) is 5.40. The van der Waals surface area contributed by atoms with E-state index < -0.39 is 28.6 Å². The maximum atomic E-state index is 14.8. The zero-order valence-corrected chi connectivity index (χ0v) is 21.7. The number of hydrogen-bond donors (Lipinski definition) is 0. The van der Waals surface area contributed by atoms with Gasteiger partial charge in [0, 0.05) is 17.1 Å². The Bertz CT molecular complexity index is 1920. The van der Waals surface area contributed by atoms with Gasteiger partial charge < -0.3 is 14.2 Å². The van der Waals surface area contributed by atoms with E-state index in [0.29, 0.717) is 21.8 Å². The molecule has 0 N–H and O–H groups in total. The molecule has 2 amide bonds. The number of fused-ring (bicyclic) bond motifs is 5. The van der Waals surface area contributed by atoms with Gasteiger partial charge in [0.2, 0.25) is 5.76 Å². The molecule has 196 valence electrons. The monoisotopic (exact) mass is 550 g/mol. The van der Waals surface area contributed by atoms with Crippen LogP contribution in [0, 0.1) is 5.82 Å². The van der Waals surface area contributed by atoms with Gasteiger partial charge in [0.1, 0.15) is 11.4 Å². The number of nitrogens with zero attached hydrogens (tertiary/aromatic N) is 2. The SMILES string of the molecule is O=C1c2oc3ccc(F)cc3c(=O)c2C2(C(=O)N(Cc3ccccc3Cl)c3ccccc32)N1Cc1ccccc1. The zero-order chi connectivity index (χ0) is 27.6. The first-order valence-corrected chi connectivity index (χ1v) is 13.1. The second-order valence-corrected chi connectivity index (χ2v) is 10.3. The zero-order valence-electron chi connectivity index (χ0n) is 20.9. The van der Waals surface area contributed by atoms with Crippen molar-refractivity contribution in [3.8, 4) is 0 Å². The summed E-state index contributed by atoms with van der Waals surface area (Å²) in [5, 5.41) is 0.445. The van der Waals surface area contributed by atoms with Crippen molar-refractivity contribution in [2.24, 2.45) is 0 Å². The first-order valence-electron chi connectivity index (χ1n) is 12.7. The van der Waals surface area contributed by atoms with E-state index in [4.69, 9.17) is 16.0 Å². The number of anilines is 1. The van der Waals surface area contributed by atoms with E-state index in [2.05, 4.69) is 0 Å². The fraction of sp³-hybridized carbons (Fsp3) is 0.0938. The molecule has 0 aliphatic carbocycles. The third-order valence-electron chi connectivity index (χ3n) is 7.67. The summed E-state index contributed by atoms with van der Waals surface area (Å²) in [5.41, 5.74) is 0.0104. The molecule has 6 nitrogen and oxygen atoms in total. The van der Waals surface area contributed by atoms with Gasteiger partial charge in [-0.15, -0.1) is 0 Å². The second kappa shape index (κ2) is 8.89. The Labute approximate surface area is 232 Å². The minimum absolute atomic E-state index is 0.0357. The van der Waals surface area contributed by atoms with E-state index >= 15 is 0 Å². The molecule has 3 heterocycles. The smallest absolute Gasteiger partial charge is 0.291 e. The molecule has 5 aromatic rings. The first kappa shape index (κ1) is 24.3. The number of rotatable bonds is 4. The Hall–Kier alpha value is -4.75. The van der Waals surface area contributed by atoms with Crippen LogP contribution in [0.3, 0.4) is 0 Å². The molecule has 0 fully saturated rings. The lowest BCUT2D eigenvalue weighted by molar-refractivity contribution is -0.126. The maximum Gasteiger partial charge on any atom is 0.291 e. The van der Waals surface area contributed by atoms with Gasteiger partial charge in [-0.25, -0.2) is 4.39 Å². The van der Waals surface area contributed by atoms with E-state index in [1.165, 1.54) is 11.0 Å². The number of carbonyl (C=O) groups excluding carboxylic acids is 2. The summed E-state index contributed by atoms with van der Waals surface area (Å²) in [6.07, 6.45) is 0. The van der Waals surface area contributed by atoms with Gasteiger partial charge in [0.05, 0.1) is 23.2 Å². The van der Waals surface area contributed by atoms with Crippen LogP contribution in [0.2, 0.25) is 5.02 Å². The summed E-state index contributed by atoms with van der Waals surface area (Å²) in [6.45, 7) is 0.154. The fourth-order valence-corrected chi connectivity index (χ4v) is 6.10. The second-order valence-electron chi connectivity index (χ2n) is 9.86. The minimum Gasteiger partial charge on any atom is -0.450 e. The van der Waals surface area contributed by atoms with Crippen LogP contribution in [0.25, 0.3) is 11.0 Å². The lowest BCUT2D eigenvalue weighted by Gasteiger charge is -2.34. The molecule has 7 rings (SSSR count). The van der Waals surface area contributed by atoms with Crippen molar-refractivity contribution < 1.29 is 18.4 Å². The first-order chi connectivity index (χ1) is 19.4. The predicted octanol–water partition coefficient (Wildman–Crippen LogP) is 6.03. The molecule has 1 unspecified atom stereocenters. The van der Waals surface area contributed by atoms with Crippen LogP contribution in [0.1, 0.15) is 32.8 Å². The molecule has 1 spiro atoms. The molecule has 0 saturated carbocycles. The van der Waals surface area contributed by atoms with Gasteiger partial charge >= 0.3 is 0 Å². The number of halogens is 2. The highest BCUT2D eigenvalue weighted by Crippen LogP contribution is 2.53. The van der Waals surface area contributed by atoms with E-state index in [1.807, 2.05) is 42.5 Å². The number of amides is 2. The van der Waals surface area contributed by atoms with Gasteiger partial charge in [0.15, 0.2) is 11.0 Å². The highest BCUT2D eigenvalue weighted by atomic mass is 35.5. The van der Waals surface area contributed by atoms with Gasteiger partial charge in [-0.2, -0.15) is 0 Å².